The molecule has 3 aromatic rings. The van der Waals surface area contributed by atoms with E-state index in [2.05, 4.69) is 19.2 Å². The van der Waals surface area contributed by atoms with Crippen molar-refractivity contribution in [1.82, 2.24) is 10.2 Å². The number of amides is 2. The first-order valence-electron chi connectivity index (χ1n) is 13.8. The Labute approximate surface area is 249 Å². The lowest BCUT2D eigenvalue weighted by molar-refractivity contribution is -0.141. The highest BCUT2D eigenvalue weighted by Gasteiger charge is 2.34. The summed E-state index contributed by atoms with van der Waals surface area (Å²) < 4.78 is 29.0. The first-order valence-corrected chi connectivity index (χ1v) is 15.6. The Morgan fingerprint density at radius 1 is 0.902 bits per heavy atom. The average molecular weight is 598 g/mol. The van der Waals surface area contributed by atoms with Crippen LogP contribution in [0.5, 0.6) is 0 Å². The summed E-state index contributed by atoms with van der Waals surface area (Å²) in [6, 6.07) is 21.4. The van der Waals surface area contributed by atoms with Crippen molar-refractivity contribution >= 4 is 39.1 Å². The maximum absolute atomic E-state index is 14.2. The molecule has 1 unspecified atom stereocenters. The predicted molar refractivity (Wildman–Crippen MR) is 165 cm³/mol. The predicted octanol–water partition coefficient (Wildman–Crippen LogP) is 6.38. The molecule has 0 fully saturated rings. The van der Waals surface area contributed by atoms with Crippen LogP contribution in [0.3, 0.4) is 0 Å². The molecule has 2 amide bonds. The van der Waals surface area contributed by atoms with Crippen molar-refractivity contribution in [2.75, 3.05) is 10.8 Å². The lowest BCUT2D eigenvalue weighted by Crippen LogP contribution is -2.55. The second kappa shape index (κ2) is 13.5. The van der Waals surface area contributed by atoms with E-state index in [-0.39, 0.29) is 23.3 Å². The van der Waals surface area contributed by atoms with Crippen LogP contribution >= 0.6 is 11.6 Å². The molecule has 1 N–H and O–H groups in total. The number of carbonyl (C=O) groups is 2. The van der Waals surface area contributed by atoms with Gasteiger partial charge in [-0.25, -0.2) is 8.42 Å². The summed E-state index contributed by atoms with van der Waals surface area (Å²) in [6.07, 6.45) is 0.326. The van der Waals surface area contributed by atoms with E-state index in [1.54, 1.807) is 48.5 Å². The molecule has 220 valence electrons. The molecule has 0 saturated heterocycles. The van der Waals surface area contributed by atoms with Gasteiger partial charge in [-0.1, -0.05) is 80.9 Å². The van der Waals surface area contributed by atoms with E-state index in [0.717, 1.165) is 9.87 Å². The number of anilines is 1. The van der Waals surface area contributed by atoms with Crippen LogP contribution in [-0.2, 0) is 26.2 Å². The van der Waals surface area contributed by atoms with E-state index < -0.39 is 34.1 Å². The molecule has 0 aliphatic rings. The Bertz CT molecular complexity index is 1440. The van der Waals surface area contributed by atoms with Gasteiger partial charge in [0.15, 0.2) is 0 Å². The van der Waals surface area contributed by atoms with Gasteiger partial charge < -0.3 is 10.2 Å². The van der Waals surface area contributed by atoms with Gasteiger partial charge in [0.05, 0.1) is 10.6 Å². The van der Waals surface area contributed by atoms with Crippen LogP contribution in [0.25, 0.3) is 0 Å². The lowest BCUT2D eigenvalue weighted by Gasteiger charge is -2.35. The van der Waals surface area contributed by atoms with Crippen LogP contribution < -0.4 is 9.62 Å². The Morgan fingerprint density at radius 2 is 1.49 bits per heavy atom. The number of rotatable bonds is 11. The monoisotopic (exact) mass is 597 g/mol. The molecule has 9 heteroatoms. The molecule has 0 aliphatic heterocycles. The van der Waals surface area contributed by atoms with E-state index in [1.165, 1.54) is 17.0 Å². The molecule has 7 nitrogen and oxygen atoms in total. The van der Waals surface area contributed by atoms with Crippen LogP contribution in [0.4, 0.5) is 5.69 Å². The fourth-order valence-electron chi connectivity index (χ4n) is 4.46. The highest BCUT2D eigenvalue weighted by atomic mass is 35.5. The molecule has 3 rings (SSSR count). The van der Waals surface area contributed by atoms with Crippen LogP contribution in [0, 0.1) is 0 Å². The summed E-state index contributed by atoms with van der Waals surface area (Å²) in [5.74, 6) is -0.588. The molecule has 0 radical (unpaired) electrons. The van der Waals surface area contributed by atoms with E-state index >= 15 is 0 Å². The fraction of sp³-hybridized carbons (Fsp3) is 0.375. The van der Waals surface area contributed by atoms with Gasteiger partial charge in [0.2, 0.25) is 11.8 Å². The summed E-state index contributed by atoms with van der Waals surface area (Å²) >= 11 is 6.46. The van der Waals surface area contributed by atoms with Gasteiger partial charge in [-0.3, -0.25) is 13.9 Å². The second-order valence-corrected chi connectivity index (χ2v) is 13.6. The number of hydrogen-bond acceptors (Lipinski definition) is 4. The topological polar surface area (TPSA) is 86.8 Å². The van der Waals surface area contributed by atoms with Crippen molar-refractivity contribution in [1.29, 1.82) is 0 Å². The third-order valence-electron chi connectivity index (χ3n) is 6.64. The highest BCUT2D eigenvalue weighted by Crippen LogP contribution is 2.27. The zero-order valence-corrected chi connectivity index (χ0v) is 26.2. The number of nitrogens with zero attached hydrogens (tertiary/aromatic N) is 2. The van der Waals surface area contributed by atoms with Gasteiger partial charge in [0, 0.05) is 17.1 Å². The SMILES string of the molecule is CCC(C(=O)NC(C)(C)C)N(Cc1ccccc1Cl)C(=O)CN(c1ccc(C(C)C)cc1)S(=O)(=O)c1ccccc1. The van der Waals surface area contributed by atoms with Crippen LogP contribution in [-0.4, -0.2) is 43.3 Å². The molecule has 0 spiro atoms. The van der Waals surface area contributed by atoms with Crippen molar-refractivity contribution < 1.29 is 18.0 Å². The number of nitrogens with one attached hydrogen (secondary N) is 1. The smallest absolute Gasteiger partial charge is 0.264 e. The average Bonchev–Trinajstić information content (AvgIpc) is 2.92. The minimum Gasteiger partial charge on any atom is -0.350 e. The third-order valence-corrected chi connectivity index (χ3v) is 8.80. The van der Waals surface area contributed by atoms with Crippen molar-refractivity contribution in [3.05, 3.63) is 95.0 Å². The zero-order valence-electron chi connectivity index (χ0n) is 24.6. The summed E-state index contributed by atoms with van der Waals surface area (Å²) in [7, 11) is -4.12. The molecular formula is C32H40ClN3O4S. The maximum Gasteiger partial charge on any atom is 0.264 e. The summed E-state index contributed by atoms with van der Waals surface area (Å²) in [5.41, 5.74) is 1.53. The zero-order chi connectivity index (χ0) is 30.4. The van der Waals surface area contributed by atoms with Gasteiger partial charge in [0.1, 0.15) is 12.6 Å². The van der Waals surface area contributed by atoms with Crippen LogP contribution in [0.15, 0.2) is 83.8 Å². The molecule has 1 atom stereocenters. The van der Waals surface area contributed by atoms with Crippen molar-refractivity contribution in [3.8, 4) is 0 Å². The minimum atomic E-state index is -4.12. The van der Waals surface area contributed by atoms with Crippen LogP contribution in [0.2, 0.25) is 5.02 Å². The third kappa shape index (κ3) is 8.33. The standard InChI is InChI=1S/C32H40ClN3O4S/c1-7-29(31(38)34-32(4,5)6)35(21-25-13-11-12-16-28(25)33)30(37)22-36(26-19-17-24(18-20-26)23(2)3)41(39,40)27-14-9-8-10-15-27/h8-20,23,29H,7,21-22H2,1-6H3,(H,34,38). The molecule has 0 saturated carbocycles. The first kappa shape index (κ1) is 32.2. The summed E-state index contributed by atoms with van der Waals surface area (Å²) in [5, 5.41) is 3.42. The summed E-state index contributed by atoms with van der Waals surface area (Å²) in [4.78, 5) is 29.1. The molecular weight excluding hydrogens is 558 g/mol. The molecule has 41 heavy (non-hydrogen) atoms. The van der Waals surface area contributed by atoms with E-state index in [4.69, 9.17) is 11.6 Å². The van der Waals surface area contributed by atoms with Gasteiger partial charge in [-0.05, 0) is 74.6 Å². The maximum atomic E-state index is 14.2. The molecule has 3 aromatic carbocycles. The van der Waals surface area contributed by atoms with Gasteiger partial charge in [0.25, 0.3) is 10.0 Å². The highest BCUT2D eigenvalue weighted by molar-refractivity contribution is 7.92. The van der Waals surface area contributed by atoms with E-state index in [0.29, 0.717) is 22.7 Å². The van der Waals surface area contributed by atoms with Gasteiger partial charge >= 0.3 is 0 Å². The number of halogens is 1. The molecule has 0 aromatic heterocycles. The minimum absolute atomic E-state index is 0.0418. The van der Waals surface area contributed by atoms with E-state index in [1.807, 2.05) is 45.9 Å². The van der Waals surface area contributed by atoms with Crippen molar-refractivity contribution in [2.24, 2.45) is 0 Å². The Kier molecular flexibility index (Phi) is 10.6. The fourth-order valence-corrected chi connectivity index (χ4v) is 6.09. The van der Waals surface area contributed by atoms with E-state index in [9.17, 15) is 18.0 Å². The summed E-state index contributed by atoms with van der Waals surface area (Å²) in [6.45, 7) is 11.1. The Morgan fingerprint density at radius 3 is 2.02 bits per heavy atom. The molecule has 0 aliphatic carbocycles. The number of benzene rings is 3. The quantitative estimate of drug-likeness (QED) is 0.278. The Hall–Kier alpha value is -3.36. The van der Waals surface area contributed by atoms with Crippen LogP contribution in [0.1, 0.15) is 65.0 Å². The normalized spacial score (nSPS) is 12.6. The molecule has 0 bridgehead atoms. The number of sulfonamides is 1. The van der Waals surface area contributed by atoms with Crippen molar-refractivity contribution in [3.63, 3.8) is 0 Å². The van der Waals surface area contributed by atoms with Gasteiger partial charge in [-0.15, -0.1) is 0 Å². The van der Waals surface area contributed by atoms with Gasteiger partial charge in [-0.2, -0.15) is 0 Å². The second-order valence-electron chi connectivity index (χ2n) is 11.3. The molecule has 0 heterocycles. The van der Waals surface area contributed by atoms with Crippen molar-refractivity contribution in [2.45, 2.75) is 76.9 Å². The first-order chi connectivity index (χ1) is 19.2. The largest absolute Gasteiger partial charge is 0.350 e. The number of hydrogen-bond donors (Lipinski definition) is 1. The Balaban J connectivity index is 2.08. The lowest BCUT2D eigenvalue weighted by atomic mass is 10.0. The number of carbonyl (C=O) groups excluding carboxylic acids is 2.